The first-order valence-corrected chi connectivity index (χ1v) is 5.68. The van der Waals surface area contributed by atoms with Gasteiger partial charge in [0, 0.05) is 0 Å². The molecule has 1 aromatic heterocycles. The van der Waals surface area contributed by atoms with Crippen molar-refractivity contribution < 1.29 is 9.21 Å². The molecule has 0 bridgehead atoms. The minimum absolute atomic E-state index is 0.268. The Labute approximate surface area is 106 Å². The van der Waals surface area contributed by atoms with E-state index >= 15 is 0 Å². The van der Waals surface area contributed by atoms with Crippen LogP contribution in [0.5, 0.6) is 0 Å². The van der Waals surface area contributed by atoms with E-state index in [2.05, 4.69) is 6.07 Å². The Morgan fingerprint density at radius 2 is 1.94 bits per heavy atom. The van der Waals surface area contributed by atoms with Crippen molar-refractivity contribution in [2.24, 2.45) is 0 Å². The molecule has 0 aliphatic heterocycles. The van der Waals surface area contributed by atoms with Crippen LogP contribution in [0.15, 0.2) is 41.0 Å². The van der Waals surface area contributed by atoms with E-state index in [1.165, 1.54) is 6.26 Å². The number of furan rings is 1. The standard InChI is InChI=1S/C15H13NO2/c1-10-5-3-4-6-12(10)13(9-16)14(17)15-11(2)7-8-18-15/h3-8,13H,1-2H3. The lowest BCUT2D eigenvalue weighted by atomic mass is 9.90. The van der Waals surface area contributed by atoms with Crippen molar-refractivity contribution in [3.63, 3.8) is 0 Å². The molecule has 0 spiro atoms. The molecule has 2 rings (SSSR count). The van der Waals surface area contributed by atoms with Gasteiger partial charge in [-0.25, -0.2) is 0 Å². The molecule has 0 saturated carbocycles. The highest BCUT2D eigenvalue weighted by molar-refractivity contribution is 6.01. The number of carbonyl (C=O) groups is 1. The highest BCUT2D eigenvalue weighted by Crippen LogP contribution is 2.25. The molecule has 18 heavy (non-hydrogen) atoms. The number of nitrogens with zero attached hydrogens (tertiary/aromatic N) is 1. The zero-order valence-corrected chi connectivity index (χ0v) is 10.3. The van der Waals surface area contributed by atoms with E-state index in [1.54, 1.807) is 19.1 Å². The highest BCUT2D eigenvalue weighted by Gasteiger charge is 2.26. The van der Waals surface area contributed by atoms with Crippen LogP contribution < -0.4 is 0 Å². The van der Waals surface area contributed by atoms with Gasteiger partial charge < -0.3 is 4.42 Å². The van der Waals surface area contributed by atoms with E-state index in [0.29, 0.717) is 0 Å². The van der Waals surface area contributed by atoms with Gasteiger partial charge in [-0.2, -0.15) is 5.26 Å². The molecule has 0 fully saturated rings. The van der Waals surface area contributed by atoms with Crippen LogP contribution in [0, 0.1) is 25.2 Å². The summed E-state index contributed by atoms with van der Waals surface area (Å²) in [5, 5.41) is 9.25. The molecule has 3 nitrogen and oxygen atoms in total. The third kappa shape index (κ3) is 2.05. The highest BCUT2D eigenvalue weighted by atomic mass is 16.3. The number of rotatable bonds is 3. The van der Waals surface area contributed by atoms with Crippen molar-refractivity contribution in [3.8, 4) is 6.07 Å². The number of nitriles is 1. The molecule has 1 unspecified atom stereocenters. The molecule has 0 amide bonds. The Morgan fingerprint density at radius 3 is 2.50 bits per heavy atom. The van der Waals surface area contributed by atoms with Crippen molar-refractivity contribution >= 4 is 5.78 Å². The number of hydrogen-bond acceptors (Lipinski definition) is 3. The van der Waals surface area contributed by atoms with Gasteiger partial charge in [0.1, 0.15) is 5.92 Å². The number of Topliss-reactive ketones (excluding diaryl/α,β-unsaturated/α-hetero) is 1. The van der Waals surface area contributed by atoms with Crippen LogP contribution in [0.3, 0.4) is 0 Å². The molecular formula is C15H13NO2. The summed E-state index contributed by atoms with van der Waals surface area (Å²) in [6.07, 6.45) is 1.47. The zero-order chi connectivity index (χ0) is 13.1. The first kappa shape index (κ1) is 12.1. The van der Waals surface area contributed by atoms with Gasteiger partial charge in [0.15, 0.2) is 5.76 Å². The van der Waals surface area contributed by atoms with Gasteiger partial charge in [0.05, 0.1) is 12.3 Å². The van der Waals surface area contributed by atoms with Crippen molar-refractivity contribution in [1.82, 2.24) is 0 Å². The Morgan fingerprint density at radius 1 is 1.22 bits per heavy atom. The van der Waals surface area contributed by atoms with Gasteiger partial charge in [0.2, 0.25) is 5.78 Å². The fourth-order valence-corrected chi connectivity index (χ4v) is 1.94. The van der Waals surface area contributed by atoms with Crippen LogP contribution >= 0.6 is 0 Å². The number of aryl methyl sites for hydroxylation is 2. The van der Waals surface area contributed by atoms with Crippen LogP contribution in [-0.2, 0) is 0 Å². The minimum atomic E-state index is -0.809. The second-order valence-corrected chi connectivity index (χ2v) is 4.22. The molecule has 0 radical (unpaired) electrons. The average Bonchev–Trinajstić information content (AvgIpc) is 2.78. The van der Waals surface area contributed by atoms with E-state index in [1.807, 2.05) is 25.1 Å². The maximum absolute atomic E-state index is 12.3. The third-order valence-corrected chi connectivity index (χ3v) is 2.98. The van der Waals surface area contributed by atoms with Crippen LogP contribution in [0.25, 0.3) is 0 Å². The summed E-state index contributed by atoms with van der Waals surface area (Å²) < 4.78 is 5.17. The summed E-state index contributed by atoms with van der Waals surface area (Å²) in [7, 11) is 0. The maximum atomic E-state index is 12.3. The van der Waals surface area contributed by atoms with Gasteiger partial charge >= 0.3 is 0 Å². The molecule has 2 aromatic rings. The lowest BCUT2D eigenvalue weighted by Crippen LogP contribution is -2.12. The second kappa shape index (κ2) is 4.89. The molecule has 0 N–H and O–H groups in total. The number of benzene rings is 1. The van der Waals surface area contributed by atoms with Gasteiger partial charge in [-0.3, -0.25) is 4.79 Å². The van der Waals surface area contributed by atoms with Gasteiger partial charge in [0.25, 0.3) is 0 Å². The predicted molar refractivity (Wildman–Crippen MR) is 67.3 cm³/mol. The van der Waals surface area contributed by atoms with Crippen LogP contribution in [-0.4, -0.2) is 5.78 Å². The van der Waals surface area contributed by atoms with Gasteiger partial charge in [-0.1, -0.05) is 24.3 Å². The summed E-state index contributed by atoms with van der Waals surface area (Å²) in [6, 6.07) is 11.2. The quantitative estimate of drug-likeness (QED) is 0.771. The first-order valence-electron chi connectivity index (χ1n) is 5.68. The molecule has 0 saturated heterocycles. The summed E-state index contributed by atoms with van der Waals surface area (Å²) in [4.78, 5) is 12.3. The molecule has 0 aliphatic carbocycles. The predicted octanol–water partition coefficient (Wildman–Crippen LogP) is 3.39. The van der Waals surface area contributed by atoms with Crippen molar-refractivity contribution in [2.75, 3.05) is 0 Å². The largest absolute Gasteiger partial charge is 0.461 e. The van der Waals surface area contributed by atoms with Crippen LogP contribution in [0.4, 0.5) is 0 Å². The molecular weight excluding hydrogens is 226 g/mol. The van der Waals surface area contributed by atoms with E-state index in [-0.39, 0.29) is 11.5 Å². The monoisotopic (exact) mass is 239 g/mol. The van der Waals surface area contributed by atoms with E-state index < -0.39 is 5.92 Å². The Bertz CT molecular complexity index is 619. The normalized spacial score (nSPS) is 11.8. The van der Waals surface area contributed by atoms with Crippen LogP contribution in [0.2, 0.25) is 0 Å². The number of carbonyl (C=O) groups excluding carboxylic acids is 1. The molecule has 1 atom stereocenters. The van der Waals surface area contributed by atoms with Crippen molar-refractivity contribution in [3.05, 3.63) is 59.0 Å². The molecule has 90 valence electrons. The van der Waals surface area contributed by atoms with Crippen LogP contribution in [0.1, 0.15) is 33.2 Å². The number of hydrogen-bond donors (Lipinski definition) is 0. The summed E-state index contributed by atoms with van der Waals surface area (Å²) >= 11 is 0. The Hall–Kier alpha value is -2.34. The third-order valence-electron chi connectivity index (χ3n) is 2.98. The summed E-state index contributed by atoms with van der Waals surface area (Å²) in [5.41, 5.74) is 2.43. The SMILES string of the molecule is Cc1ccccc1C(C#N)C(=O)c1occc1C. The van der Waals surface area contributed by atoms with Crippen molar-refractivity contribution in [1.29, 1.82) is 5.26 Å². The first-order chi connectivity index (χ1) is 8.65. The smallest absolute Gasteiger partial charge is 0.219 e. The average molecular weight is 239 g/mol. The fraction of sp³-hybridized carbons (Fsp3) is 0.200. The minimum Gasteiger partial charge on any atom is -0.461 e. The topological polar surface area (TPSA) is 54.0 Å². The molecule has 0 aliphatic rings. The Kier molecular flexibility index (Phi) is 3.29. The van der Waals surface area contributed by atoms with E-state index in [0.717, 1.165) is 16.7 Å². The van der Waals surface area contributed by atoms with Gasteiger partial charge in [-0.15, -0.1) is 0 Å². The second-order valence-electron chi connectivity index (χ2n) is 4.22. The lowest BCUT2D eigenvalue weighted by molar-refractivity contribution is 0.0951. The maximum Gasteiger partial charge on any atom is 0.219 e. The molecule has 1 aromatic carbocycles. The molecule has 3 heteroatoms. The number of ketones is 1. The van der Waals surface area contributed by atoms with E-state index in [9.17, 15) is 10.1 Å². The van der Waals surface area contributed by atoms with Crippen molar-refractivity contribution in [2.45, 2.75) is 19.8 Å². The summed E-state index contributed by atoms with van der Waals surface area (Å²) in [6.45, 7) is 3.69. The van der Waals surface area contributed by atoms with Gasteiger partial charge in [-0.05, 0) is 36.6 Å². The fourth-order valence-electron chi connectivity index (χ4n) is 1.94. The van der Waals surface area contributed by atoms with E-state index in [4.69, 9.17) is 4.42 Å². The molecule has 1 heterocycles. The lowest BCUT2D eigenvalue weighted by Gasteiger charge is -2.10. The Balaban J connectivity index is 2.43. The summed E-state index contributed by atoms with van der Waals surface area (Å²) in [5.74, 6) is -0.824. The zero-order valence-electron chi connectivity index (χ0n) is 10.3.